The molecule has 3 aromatic heterocycles. The molecule has 1 amide bonds. The van der Waals surface area contributed by atoms with E-state index in [0.29, 0.717) is 30.5 Å². The van der Waals surface area contributed by atoms with Crippen LogP contribution < -0.4 is 5.32 Å². The van der Waals surface area contributed by atoms with Crippen LogP contribution in [0.3, 0.4) is 0 Å². The summed E-state index contributed by atoms with van der Waals surface area (Å²) in [7, 11) is 0. The molecule has 0 atom stereocenters. The fourth-order valence-electron chi connectivity index (χ4n) is 2.84. The van der Waals surface area contributed by atoms with E-state index in [9.17, 15) is 4.79 Å². The molecule has 0 fully saturated rings. The van der Waals surface area contributed by atoms with Crippen molar-refractivity contribution in [1.29, 1.82) is 0 Å². The minimum Gasteiger partial charge on any atom is -0.469 e. The van der Waals surface area contributed by atoms with Gasteiger partial charge in [0.05, 0.1) is 18.4 Å². The molecule has 8 heteroatoms. The lowest BCUT2D eigenvalue weighted by atomic mass is 10.2. The Kier molecular flexibility index (Phi) is 5.01. The molecular weight excluding hydrogens is 358 g/mol. The average Bonchev–Trinajstić information content (AvgIpc) is 3.42. The van der Waals surface area contributed by atoms with E-state index in [-0.39, 0.29) is 12.3 Å². The first-order valence-electron chi connectivity index (χ1n) is 8.90. The van der Waals surface area contributed by atoms with Crippen molar-refractivity contribution in [3.63, 3.8) is 0 Å². The van der Waals surface area contributed by atoms with Crippen LogP contribution in [0, 0.1) is 6.92 Å². The Labute approximate surface area is 161 Å². The summed E-state index contributed by atoms with van der Waals surface area (Å²) >= 11 is 0. The van der Waals surface area contributed by atoms with Gasteiger partial charge < -0.3 is 14.2 Å². The average molecular weight is 377 g/mol. The summed E-state index contributed by atoms with van der Waals surface area (Å²) in [5.74, 6) is 1.41. The molecule has 0 radical (unpaired) electrons. The van der Waals surface area contributed by atoms with Gasteiger partial charge in [0.2, 0.25) is 11.8 Å². The number of rotatable bonds is 7. The van der Waals surface area contributed by atoms with Crippen LogP contribution in [-0.2, 0) is 17.8 Å². The number of hydrogen-bond donors (Lipinski definition) is 1. The fraction of sp³-hybridized carbons (Fsp3) is 0.200. The van der Waals surface area contributed by atoms with Gasteiger partial charge in [-0.25, -0.2) is 0 Å². The molecule has 0 bridgehead atoms. The smallest absolute Gasteiger partial charge is 0.251 e. The third-order valence-corrected chi connectivity index (χ3v) is 4.24. The van der Waals surface area contributed by atoms with Gasteiger partial charge in [0.15, 0.2) is 0 Å². The molecule has 142 valence electrons. The molecule has 3 heterocycles. The zero-order valence-corrected chi connectivity index (χ0v) is 15.3. The number of hydrogen-bond acceptors (Lipinski definition) is 6. The zero-order valence-electron chi connectivity index (χ0n) is 15.3. The lowest BCUT2D eigenvalue weighted by Gasteiger charge is -2.07. The maximum Gasteiger partial charge on any atom is 0.251 e. The zero-order chi connectivity index (χ0) is 19.3. The second-order valence-electron chi connectivity index (χ2n) is 6.34. The van der Waals surface area contributed by atoms with Crippen molar-refractivity contribution in [2.45, 2.75) is 26.3 Å². The molecular formula is C20H19N5O3. The minimum absolute atomic E-state index is 0.115. The monoisotopic (exact) mass is 377 g/mol. The highest BCUT2D eigenvalue weighted by Gasteiger charge is 2.14. The second kappa shape index (κ2) is 7.91. The third-order valence-electron chi connectivity index (χ3n) is 4.24. The lowest BCUT2D eigenvalue weighted by molar-refractivity contribution is -0.116. The number of amides is 1. The van der Waals surface area contributed by atoms with Gasteiger partial charge in [0, 0.05) is 30.9 Å². The molecule has 8 nitrogen and oxygen atoms in total. The number of carbonyl (C=O) groups is 1. The van der Waals surface area contributed by atoms with Gasteiger partial charge in [-0.15, -0.1) is 10.2 Å². The Morgan fingerprint density at radius 3 is 2.93 bits per heavy atom. The Morgan fingerprint density at radius 1 is 1.21 bits per heavy atom. The summed E-state index contributed by atoms with van der Waals surface area (Å²) in [6.07, 6.45) is 5.82. The van der Waals surface area contributed by atoms with Crippen LogP contribution in [0.2, 0.25) is 0 Å². The number of benzene rings is 1. The van der Waals surface area contributed by atoms with Crippen molar-refractivity contribution in [2.24, 2.45) is 0 Å². The molecule has 4 rings (SSSR count). The van der Waals surface area contributed by atoms with Crippen LogP contribution in [-0.4, -0.2) is 25.9 Å². The molecule has 0 aliphatic carbocycles. The largest absolute Gasteiger partial charge is 0.469 e. The quantitative estimate of drug-likeness (QED) is 0.529. The number of furan rings is 1. The van der Waals surface area contributed by atoms with Gasteiger partial charge in [-0.05, 0) is 36.8 Å². The summed E-state index contributed by atoms with van der Waals surface area (Å²) in [6.45, 7) is 2.47. The van der Waals surface area contributed by atoms with Gasteiger partial charge in [0.1, 0.15) is 5.76 Å². The second-order valence-corrected chi connectivity index (χ2v) is 6.34. The van der Waals surface area contributed by atoms with Gasteiger partial charge >= 0.3 is 0 Å². The number of aryl methyl sites for hydroxylation is 2. The Balaban J connectivity index is 1.32. The first-order valence-corrected chi connectivity index (χ1v) is 8.90. The molecule has 4 aromatic rings. The number of nitrogens with one attached hydrogen (secondary N) is 1. The van der Waals surface area contributed by atoms with Crippen molar-refractivity contribution in [3.8, 4) is 11.5 Å². The number of aromatic nitrogens is 4. The van der Waals surface area contributed by atoms with Crippen molar-refractivity contribution < 1.29 is 13.6 Å². The van der Waals surface area contributed by atoms with Gasteiger partial charge in [0.25, 0.3) is 5.89 Å². The molecule has 28 heavy (non-hydrogen) atoms. The number of nitrogens with zero attached hydrogens (tertiary/aromatic N) is 4. The minimum atomic E-state index is -0.115. The first kappa shape index (κ1) is 17.7. The molecule has 0 aliphatic rings. The van der Waals surface area contributed by atoms with E-state index in [1.807, 2.05) is 48.1 Å². The summed E-state index contributed by atoms with van der Waals surface area (Å²) in [5.41, 5.74) is 2.56. The van der Waals surface area contributed by atoms with Crippen LogP contribution in [0.25, 0.3) is 11.5 Å². The van der Waals surface area contributed by atoms with Crippen molar-refractivity contribution in [2.75, 3.05) is 5.32 Å². The summed E-state index contributed by atoms with van der Waals surface area (Å²) in [6, 6.07) is 11.3. The fourth-order valence-corrected chi connectivity index (χ4v) is 2.84. The van der Waals surface area contributed by atoms with Gasteiger partial charge in [-0.3, -0.25) is 9.48 Å². The van der Waals surface area contributed by atoms with Crippen LogP contribution in [0.4, 0.5) is 5.69 Å². The van der Waals surface area contributed by atoms with Crippen LogP contribution in [0.1, 0.15) is 23.6 Å². The predicted octanol–water partition coefficient (Wildman–Crippen LogP) is 3.45. The van der Waals surface area contributed by atoms with E-state index in [4.69, 9.17) is 8.83 Å². The first-order chi connectivity index (χ1) is 13.7. The molecule has 0 saturated carbocycles. The molecule has 1 aromatic carbocycles. The van der Waals surface area contributed by atoms with Gasteiger partial charge in [-0.1, -0.05) is 12.1 Å². The highest BCUT2D eigenvalue weighted by atomic mass is 16.4. The summed E-state index contributed by atoms with van der Waals surface area (Å²) in [5, 5.41) is 15.1. The molecule has 0 spiro atoms. The van der Waals surface area contributed by atoms with Crippen LogP contribution in [0.5, 0.6) is 0 Å². The van der Waals surface area contributed by atoms with E-state index in [1.165, 1.54) is 0 Å². The Bertz CT molecular complexity index is 1070. The van der Waals surface area contributed by atoms with E-state index in [2.05, 4.69) is 20.6 Å². The number of anilines is 1. The maximum atomic E-state index is 12.3. The van der Waals surface area contributed by atoms with Gasteiger partial charge in [-0.2, -0.15) is 5.10 Å². The highest BCUT2D eigenvalue weighted by Crippen LogP contribution is 2.23. The summed E-state index contributed by atoms with van der Waals surface area (Å²) < 4.78 is 12.7. The SMILES string of the molecule is Cc1occc1-c1nnc(CCC(=O)Nc2cccc(Cn3cccn3)c2)o1. The Morgan fingerprint density at radius 2 is 2.14 bits per heavy atom. The van der Waals surface area contributed by atoms with Crippen molar-refractivity contribution in [1.82, 2.24) is 20.0 Å². The highest BCUT2D eigenvalue weighted by molar-refractivity contribution is 5.90. The maximum absolute atomic E-state index is 12.3. The van der Waals surface area contributed by atoms with E-state index >= 15 is 0 Å². The molecule has 0 saturated heterocycles. The lowest BCUT2D eigenvalue weighted by Crippen LogP contribution is -2.12. The molecule has 0 unspecified atom stereocenters. The standard InChI is InChI=1S/C20H19N5O3/c1-14-17(8-11-27-14)20-24-23-19(28-20)7-6-18(26)22-16-5-2-4-15(12-16)13-25-10-3-9-21-25/h2-5,8-12H,6-7,13H2,1H3,(H,22,26). The molecule has 1 N–H and O–H groups in total. The normalized spacial score (nSPS) is 10.9. The Hall–Kier alpha value is -3.68. The topological polar surface area (TPSA) is 99.0 Å². The van der Waals surface area contributed by atoms with Crippen molar-refractivity contribution in [3.05, 3.63) is 72.3 Å². The van der Waals surface area contributed by atoms with E-state index in [1.54, 1.807) is 18.5 Å². The summed E-state index contributed by atoms with van der Waals surface area (Å²) in [4.78, 5) is 12.3. The van der Waals surface area contributed by atoms with E-state index in [0.717, 1.165) is 16.8 Å². The van der Waals surface area contributed by atoms with Crippen LogP contribution in [0.15, 0.2) is 63.9 Å². The molecule has 0 aliphatic heterocycles. The van der Waals surface area contributed by atoms with E-state index < -0.39 is 0 Å². The third kappa shape index (κ3) is 4.17. The van der Waals surface area contributed by atoms with Crippen LogP contribution >= 0.6 is 0 Å². The number of carbonyl (C=O) groups excluding carboxylic acids is 1. The van der Waals surface area contributed by atoms with Crippen molar-refractivity contribution >= 4 is 11.6 Å². The predicted molar refractivity (Wildman–Crippen MR) is 101 cm³/mol.